The van der Waals surface area contributed by atoms with Gasteiger partial charge >= 0.3 is 0 Å². The van der Waals surface area contributed by atoms with Crippen molar-refractivity contribution in [1.82, 2.24) is 15.3 Å². The first-order valence-electron chi connectivity index (χ1n) is 8.47. The smallest absolute Gasteiger partial charge is 0.217 e. The average molecular weight is 404 g/mol. The van der Waals surface area contributed by atoms with Gasteiger partial charge in [-0.1, -0.05) is 22.0 Å². The van der Waals surface area contributed by atoms with Crippen molar-refractivity contribution in [3.05, 3.63) is 41.1 Å². The number of carbonyl (C=O) groups is 1. The minimum absolute atomic E-state index is 0.0514. The molecule has 7 heteroatoms. The van der Waals surface area contributed by atoms with Crippen LogP contribution in [0.3, 0.4) is 0 Å². The van der Waals surface area contributed by atoms with Gasteiger partial charge in [0.15, 0.2) is 0 Å². The molecule has 0 bridgehead atoms. The Morgan fingerprint density at radius 2 is 1.80 bits per heavy atom. The molecule has 25 heavy (non-hydrogen) atoms. The van der Waals surface area contributed by atoms with E-state index in [0.717, 1.165) is 47.5 Å². The molecule has 0 saturated heterocycles. The predicted molar refractivity (Wildman–Crippen MR) is 103 cm³/mol. The van der Waals surface area contributed by atoms with E-state index in [2.05, 4.69) is 41.8 Å². The second-order valence-corrected chi connectivity index (χ2v) is 7.23. The number of hydrogen-bond acceptors (Lipinski definition) is 5. The van der Waals surface area contributed by atoms with Crippen molar-refractivity contribution in [1.29, 1.82) is 0 Å². The number of nitrogens with one attached hydrogen (secondary N) is 3. The number of hydrogen-bond donors (Lipinski definition) is 3. The van der Waals surface area contributed by atoms with Crippen LogP contribution < -0.4 is 16.0 Å². The predicted octanol–water partition coefficient (Wildman–Crippen LogP) is 3.84. The van der Waals surface area contributed by atoms with Crippen LogP contribution in [0.1, 0.15) is 32.6 Å². The lowest BCUT2D eigenvalue weighted by atomic mass is 9.91. The molecule has 1 aromatic heterocycles. The quantitative estimate of drug-likeness (QED) is 0.706. The molecule has 0 unspecified atom stereocenters. The largest absolute Gasteiger partial charge is 0.367 e. The molecule has 1 saturated carbocycles. The van der Waals surface area contributed by atoms with Gasteiger partial charge in [0.2, 0.25) is 5.91 Å². The van der Waals surface area contributed by atoms with Crippen LogP contribution >= 0.6 is 15.9 Å². The fraction of sp³-hybridized carbons (Fsp3) is 0.389. The van der Waals surface area contributed by atoms with Crippen LogP contribution in [0.15, 0.2) is 41.1 Å². The first-order valence-corrected chi connectivity index (χ1v) is 9.26. The third kappa shape index (κ3) is 5.42. The van der Waals surface area contributed by atoms with Gasteiger partial charge in [-0.15, -0.1) is 0 Å². The van der Waals surface area contributed by atoms with E-state index in [1.165, 1.54) is 0 Å². The van der Waals surface area contributed by atoms with Gasteiger partial charge in [0.25, 0.3) is 0 Å². The lowest BCUT2D eigenvalue weighted by molar-refractivity contribution is -0.119. The van der Waals surface area contributed by atoms with E-state index in [-0.39, 0.29) is 5.91 Å². The van der Waals surface area contributed by atoms with E-state index in [4.69, 9.17) is 0 Å². The van der Waals surface area contributed by atoms with E-state index in [0.29, 0.717) is 12.1 Å². The Balaban J connectivity index is 1.56. The molecule has 1 heterocycles. The molecule has 1 amide bonds. The molecule has 2 aromatic rings. The van der Waals surface area contributed by atoms with Gasteiger partial charge in [-0.2, -0.15) is 0 Å². The molecular weight excluding hydrogens is 382 g/mol. The first kappa shape index (κ1) is 17.7. The van der Waals surface area contributed by atoms with Gasteiger partial charge in [-0.3, -0.25) is 4.79 Å². The van der Waals surface area contributed by atoms with Crippen molar-refractivity contribution in [2.45, 2.75) is 44.7 Å². The summed E-state index contributed by atoms with van der Waals surface area (Å²) in [5.41, 5.74) is 0.967. The maximum atomic E-state index is 11.1. The molecule has 1 aromatic carbocycles. The summed E-state index contributed by atoms with van der Waals surface area (Å²) in [5.74, 6) is 1.62. The van der Waals surface area contributed by atoms with Crippen LogP contribution in [0.2, 0.25) is 0 Å². The highest BCUT2D eigenvalue weighted by molar-refractivity contribution is 9.10. The minimum atomic E-state index is 0.0514. The Bertz CT molecular complexity index is 731. The Labute approximate surface area is 156 Å². The van der Waals surface area contributed by atoms with E-state index in [1.54, 1.807) is 13.3 Å². The molecule has 0 radical (unpaired) electrons. The summed E-state index contributed by atoms with van der Waals surface area (Å²) in [6, 6.07) is 10.5. The summed E-state index contributed by atoms with van der Waals surface area (Å²) >= 11 is 3.46. The molecule has 0 atom stereocenters. The van der Waals surface area contributed by atoms with E-state index in [9.17, 15) is 4.79 Å². The number of halogens is 1. The zero-order valence-corrected chi connectivity index (χ0v) is 15.7. The molecule has 3 N–H and O–H groups in total. The molecule has 3 rings (SSSR count). The standard InChI is InChI=1S/C18H22BrN5O/c1-12(25)22-14-5-7-15(8-6-14)23-17-10-18(21-11-20-17)24-16-4-2-3-13(19)9-16/h2-4,9-11,14-15H,5-8H2,1H3,(H,22,25)(H2,20,21,23,24)/t14-,15-. The van der Waals surface area contributed by atoms with Crippen LogP contribution in [0.25, 0.3) is 0 Å². The number of benzene rings is 1. The third-order valence-electron chi connectivity index (χ3n) is 4.25. The highest BCUT2D eigenvalue weighted by Crippen LogP contribution is 2.23. The second-order valence-electron chi connectivity index (χ2n) is 6.32. The van der Waals surface area contributed by atoms with Gasteiger partial charge in [0.05, 0.1) is 0 Å². The fourth-order valence-electron chi connectivity index (χ4n) is 3.10. The van der Waals surface area contributed by atoms with Crippen LogP contribution in [0.4, 0.5) is 17.3 Å². The molecule has 0 spiro atoms. The number of anilines is 3. The van der Waals surface area contributed by atoms with Gasteiger partial charge in [0.1, 0.15) is 18.0 Å². The van der Waals surface area contributed by atoms with E-state index in [1.807, 2.05) is 30.3 Å². The Morgan fingerprint density at radius 1 is 1.08 bits per heavy atom. The Kier molecular flexibility index (Phi) is 5.86. The lowest BCUT2D eigenvalue weighted by Gasteiger charge is -2.29. The number of aromatic nitrogens is 2. The molecule has 0 aliphatic heterocycles. The van der Waals surface area contributed by atoms with Crippen molar-refractivity contribution in [2.75, 3.05) is 10.6 Å². The van der Waals surface area contributed by atoms with Crippen molar-refractivity contribution in [2.24, 2.45) is 0 Å². The monoisotopic (exact) mass is 403 g/mol. The Hall–Kier alpha value is -2.15. The van der Waals surface area contributed by atoms with Gasteiger partial charge in [0, 0.05) is 35.2 Å². The van der Waals surface area contributed by atoms with Crippen LogP contribution in [-0.2, 0) is 4.79 Å². The first-order chi connectivity index (χ1) is 12.1. The lowest BCUT2D eigenvalue weighted by Crippen LogP contribution is -2.39. The number of rotatable bonds is 5. The average Bonchev–Trinajstić information content (AvgIpc) is 2.57. The summed E-state index contributed by atoms with van der Waals surface area (Å²) < 4.78 is 1.01. The molecule has 6 nitrogen and oxygen atoms in total. The molecule has 132 valence electrons. The summed E-state index contributed by atoms with van der Waals surface area (Å²) in [4.78, 5) is 19.7. The summed E-state index contributed by atoms with van der Waals surface area (Å²) in [6.07, 6.45) is 5.58. The second kappa shape index (κ2) is 8.29. The normalized spacial score (nSPS) is 19.9. The third-order valence-corrected chi connectivity index (χ3v) is 4.74. The molecule has 1 aliphatic rings. The van der Waals surface area contributed by atoms with Gasteiger partial charge in [-0.25, -0.2) is 9.97 Å². The van der Waals surface area contributed by atoms with Gasteiger partial charge < -0.3 is 16.0 Å². The number of nitrogens with zero attached hydrogens (tertiary/aromatic N) is 2. The highest BCUT2D eigenvalue weighted by atomic mass is 79.9. The molecule has 1 aliphatic carbocycles. The number of carbonyl (C=O) groups excluding carboxylic acids is 1. The van der Waals surface area contributed by atoms with E-state index >= 15 is 0 Å². The Morgan fingerprint density at radius 3 is 2.52 bits per heavy atom. The van der Waals surface area contributed by atoms with Crippen LogP contribution in [0.5, 0.6) is 0 Å². The SMILES string of the molecule is CC(=O)N[C@H]1CC[C@H](Nc2cc(Nc3cccc(Br)c3)ncn2)CC1. The van der Waals surface area contributed by atoms with Crippen molar-refractivity contribution < 1.29 is 4.79 Å². The van der Waals surface area contributed by atoms with Crippen molar-refractivity contribution in [3.8, 4) is 0 Å². The summed E-state index contributed by atoms with van der Waals surface area (Å²) in [6.45, 7) is 1.57. The summed E-state index contributed by atoms with van der Waals surface area (Å²) in [5, 5.41) is 9.76. The highest BCUT2D eigenvalue weighted by Gasteiger charge is 2.21. The van der Waals surface area contributed by atoms with Crippen molar-refractivity contribution >= 4 is 39.2 Å². The number of amides is 1. The van der Waals surface area contributed by atoms with Crippen molar-refractivity contribution in [3.63, 3.8) is 0 Å². The summed E-state index contributed by atoms with van der Waals surface area (Å²) in [7, 11) is 0. The van der Waals surface area contributed by atoms with Crippen LogP contribution in [0, 0.1) is 0 Å². The molecule has 1 fully saturated rings. The molecular formula is C18H22BrN5O. The maximum Gasteiger partial charge on any atom is 0.217 e. The zero-order valence-electron chi connectivity index (χ0n) is 14.1. The topological polar surface area (TPSA) is 78.9 Å². The zero-order chi connectivity index (χ0) is 17.6. The van der Waals surface area contributed by atoms with E-state index < -0.39 is 0 Å². The fourth-order valence-corrected chi connectivity index (χ4v) is 3.50. The van der Waals surface area contributed by atoms with Crippen LogP contribution in [-0.4, -0.2) is 28.0 Å². The van der Waals surface area contributed by atoms with Gasteiger partial charge in [-0.05, 0) is 43.9 Å². The minimum Gasteiger partial charge on any atom is -0.367 e. The maximum absolute atomic E-state index is 11.1.